The number of carbonyl (C=O) groups excluding carboxylic acids is 1. The lowest BCUT2D eigenvalue weighted by Crippen LogP contribution is -2.34. The molecule has 1 fully saturated rings. The van der Waals surface area contributed by atoms with Gasteiger partial charge in [0.25, 0.3) is 5.91 Å². The number of para-hydroxylation sites is 1. The summed E-state index contributed by atoms with van der Waals surface area (Å²) in [6.45, 7) is 0.861. The molecule has 2 rings (SSSR count). The van der Waals surface area contributed by atoms with Gasteiger partial charge in [-0.05, 0) is 12.1 Å². The molecule has 1 saturated heterocycles. The average molecular weight is 290 g/mol. The van der Waals surface area contributed by atoms with Crippen LogP contribution in [0.5, 0.6) is 5.75 Å². The van der Waals surface area contributed by atoms with Crippen molar-refractivity contribution in [3.63, 3.8) is 0 Å². The number of amides is 1. The van der Waals surface area contributed by atoms with Gasteiger partial charge < -0.3 is 19.1 Å². The zero-order chi connectivity index (χ0) is 15.2. The van der Waals surface area contributed by atoms with Crippen LogP contribution in [0.25, 0.3) is 0 Å². The lowest BCUT2D eigenvalue weighted by molar-refractivity contribution is -0.132. The van der Waals surface area contributed by atoms with Gasteiger partial charge in [-0.1, -0.05) is 12.1 Å². The Kier molecular flexibility index (Phi) is 5.14. The SMILES string of the molecule is COC1CN(C(=O)COc2ccccc2C#N)CC1OC. The molecule has 6 heteroatoms. The number of methoxy groups -OCH3 is 2. The Hall–Kier alpha value is -2.10. The maximum atomic E-state index is 12.1. The molecule has 1 amide bonds. The van der Waals surface area contributed by atoms with E-state index in [4.69, 9.17) is 19.5 Å². The summed E-state index contributed by atoms with van der Waals surface area (Å²) in [5, 5.41) is 8.97. The van der Waals surface area contributed by atoms with Gasteiger partial charge in [0.1, 0.15) is 24.0 Å². The highest BCUT2D eigenvalue weighted by Gasteiger charge is 2.35. The van der Waals surface area contributed by atoms with Crippen LogP contribution < -0.4 is 4.74 Å². The minimum atomic E-state index is -0.149. The highest BCUT2D eigenvalue weighted by molar-refractivity contribution is 5.78. The predicted octanol–water partition coefficient (Wildman–Crippen LogP) is 0.809. The molecule has 0 radical (unpaired) electrons. The highest BCUT2D eigenvalue weighted by Crippen LogP contribution is 2.18. The van der Waals surface area contributed by atoms with E-state index in [1.54, 1.807) is 43.4 Å². The topological polar surface area (TPSA) is 71.8 Å². The third-order valence-electron chi connectivity index (χ3n) is 3.53. The van der Waals surface area contributed by atoms with E-state index in [-0.39, 0.29) is 24.7 Å². The first-order chi connectivity index (χ1) is 10.2. The van der Waals surface area contributed by atoms with Gasteiger partial charge in [-0.2, -0.15) is 5.26 Å². The molecule has 1 aromatic carbocycles. The first kappa shape index (κ1) is 15.3. The van der Waals surface area contributed by atoms with E-state index in [1.165, 1.54) is 0 Å². The van der Waals surface area contributed by atoms with Crippen LogP contribution in [-0.4, -0.2) is 56.9 Å². The largest absolute Gasteiger partial charge is 0.482 e. The normalized spacial score (nSPS) is 21.1. The molecule has 6 nitrogen and oxygen atoms in total. The van der Waals surface area contributed by atoms with Crippen molar-refractivity contribution in [1.82, 2.24) is 4.90 Å². The van der Waals surface area contributed by atoms with Crippen molar-refractivity contribution in [3.8, 4) is 11.8 Å². The number of nitriles is 1. The van der Waals surface area contributed by atoms with Crippen LogP contribution in [0.15, 0.2) is 24.3 Å². The average Bonchev–Trinajstić information content (AvgIpc) is 2.96. The van der Waals surface area contributed by atoms with Crippen LogP contribution in [0, 0.1) is 11.3 Å². The van der Waals surface area contributed by atoms with E-state index in [0.29, 0.717) is 24.4 Å². The monoisotopic (exact) mass is 290 g/mol. The zero-order valence-electron chi connectivity index (χ0n) is 12.1. The number of ether oxygens (including phenoxy) is 3. The molecule has 0 N–H and O–H groups in total. The Morgan fingerprint density at radius 1 is 1.29 bits per heavy atom. The van der Waals surface area contributed by atoms with Gasteiger partial charge >= 0.3 is 0 Å². The van der Waals surface area contributed by atoms with Crippen LogP contribution >= 0.6 is 0 Å². The number of carbonyl (C=O) groups is 1. The van der Waals surface area contributed by atoms with Crippen LogP contribution in [0.4, 0.5) is 0 Å². The summed E-state index contributed by atoms with van der Waals surface area (Å²) >= 11 is 0. The molecular formula is C15H18N2O4. The Morgan fingerprint density at radius 3 is 2.48 bits per heavy atom. The number of rotatable bonds is 5. The Balaban J connectivity index is 1.92. The second-order valence-electron chi connectivity index (χ2n) is 4.74. The molecule has 0 spiro atoms. The fraction of sp³-hybridized carbons (Fsp3) is 0.467. The Morgan fingerprint density at radius 2 is 1.90 bits per heavy atom. The zero-order valence-corrected chi connectivity index (χ0v) is 12.1. The van der Waals surface area contributed by atoms with Gasteiger partial charge in [-0.15, -0.1) is 0 Å². The van der Waals surface area contributed by atoms with Crippen LogP contribution in [0.1, 0.15) is 5.56 Å². The standard InChI is InChI=1S/C15H18N2O4/c1-19-13-8-17(9-14(13)20-2)15(18)10-21-12-6-4-3-5-11(12)7-16/h3-6,13-14H,8-10H2,1-2H3. The van der Waals surface area contributed by atoms with E-state index < -0.39 is 0 Å². The van der Waals surface area contributed by atoms with Gasteiger partial charge in [-0.3, -0.25) is 4.79 Å². The number of benzene rings is 1. The fourth-order valence-corrected chi connectivity index (χ4v) is 2.32. The minimum Gasteiger partial charge on any atom is -0.482 e. The van der Waals surface area contributed by atoms with Crippen LogP contribution in [0.2, 0.25) is 0 Å². The molecule has 0 saturated carbocycles. The van der Waals surface area contributed by atoms with E-state index >= 15 is 0 Å². The number of nitrogens with zero attached hydrogens (tertiary/aromatic N) is 2. The molecule has 1 aliphatic rings. The minimum absolute atomic E-state index is 0.106. The van der Waals surface area contributed by atoms with Crippen molar-refractivity contribution < 1.29 is 19.0 Å². The number of hydrogen-bond acceptors (Lipinski definition) is 5. The third kappa shape index (κ3) is 3.51. The van der Waals surface area contributed by atoms with E-state index in [9.17, 15) is 4.79 Å². The van der Waals surface area contributed by atoms with E-state index in [2.05, 4.69) is 0 Å². The molecule has 21 heavy (non-hydrogen) atoms. The highest BCUT2D eigenvalue weighted by atomic mass is 16.5. The quantitative estimate of drug-likeness (QED) is 0.802. The second kappa shape index (κ2) is 7.07. The number of likely N-dealkylation sites (tertiary alicyclic amines) is 1. The molecule has 1 aromatic rings. The van der Waals surface area contributed by atoms with Gasteiger partial charge in [0, 0.05) is 27.3 Å². The summed E-state index contributed by atoms with van der Waals surface area (Å²) in [4.78, 5) is 13.8. The Bertz CT molecular complexity index is 529. The molecule has 0 bridgehead atoms. The van der Waals surface area contributed by atoms with Gasteiger partial charge in [0.15, 0.2) is 6.61 Å². The third-order valence-corrected chi connectivity index (χ3v) is 3.53. The summed E-state index contributed by atoms with van der Waals surface area (Å²) in [5.74, 6) is 0.267. The van der Waals surface area contributed by atoms with Gasteiger partial charge in [0.2, 0.25) is 0 Å². The van der Waals surface area contributed by atoms with Gasteiger partial charge in [-0.25, -0.2) is 0 Å². The van der Waals surface area contributed by atoms with Crippen molar-refractivity contribution in [1.29, 1.82) is 5.26 Å². The lowest BCUT2D eigenvalue weighted by Gasteiger charge is -2.16. The Labute approximate surface area is 123 Å². The molecule has 2 atom stereocenters. The smallest absolute Gasteiger partial charge is 0.260 e. The summed E-state index contributed by atoms with van der Waals surface area (Å²) in [7, 11) is 3.20. The van der Waals surface area contributed by atoms with Gasteiger partial charge in [0.05, 0.1) is 5.56 Å². The first-order valence-corrected chi connectivity index (χ1v) is 6.65. The molecule has 1 aliphatic heterocycles. The molecule has 2 unspecified atom stereocenters. The molecule has 0 aliphatic carbocycles. The summed E-state index contributed by atoms with van der Waals surface area (Å²) in [6.07, 6.45) is -0.240. The summed E-state index contributed by atoms with van der Waals surface area (Å²) in [6, 6.07) is 8.87. The molecule has 0 aromatic heterocycles. The van der Waals surface area contributed by atoms with Crippen molar-refractivity contribution >= 4 is 5.91 Å². The maximum absolute atomic E-state index is 12.1. The molecule has 1 heterocycles. The van der Waals surface area contributed by atoms with Crippen LogP contribution in [-0.2, 0) is 14.3 Å². The number of hydrogen-bond donors (Lipinski definition) is 0. The second-order valence-corrected chi connectivity index (χ2v) is 4.74. The molecular weight excluding hydrogens is 272 g/mol. The van der Waals surface area contributed by atoms with Crippen molar-refractivity contribution in [2.75, 3.05) is 33.9 Å². The van der Waals surface area contributed by atoms with E-state index in [0.717, 1.165) is 0 Å². The lowest BCUT2D eigenvalue weighted by atomic mass is 10.2. The molecule has 112 valence electrons. The maximum Gasteiger partial charge on any atom is 0.260 e. The summed E-state index contributed by atoms with van der Waals surface area (Å²) < 4.78 is 16.0. The fourth-order valence-electron chi connectivity index (χ4n) is 2.32. The summed E-state index contributed by atoms with van der Waals surface area (Å²) in [5.41, 5.74) is 0.413. The van der Waals surface area contributed by atoms with Crippen molar-refractivity contribution in [3.05, 3.63) is 29.8 Å². The van der Waals surface area contributed by atoms with Crippen molar-refractivity contribution in [2.24, 2.45) is 0 Å². The first-order valence-electron chi connectivity index (χ1n) is 6.65. The van der Waals surface area contributed by atoms with Crippen LogP contribution in [0.3, 0.4) is 0 Å². The van der Waals surface area contributed by atoms with E-state index in [1.807, 2.05) is 6.07 Å². The van der Waals surface area contributed by atoms with Crippen molar-refractivity contribution in [2.45, 2.75) is 12.2 Å². The predicted molar refractivity (Wildman–Crippen MR) is 74.8 cm³/mol.